The van der Waals surface area contributed by atoms with Crippen molar-refractivity contribution in [2.24, 2.45) is 0 Å². The van der Waals surface area contributed by atoms with Crippen LogP contribution in [0.2, 0.25) is 0 Å². The molecule has 1 unspecified atom stereocenters. The van der Waals surface area contributed by atoms with Crippen molar-refractivity contribution in [3.05, 3.63) is 29.8 Å². The van der Waals surface area contributed by atoms with Gasteiger partial charge in [0, 0.05) is 18.9 Å². The van der Waals surface area contributed by atoms with Crippen molar-refractivity contribution in [1.82, 2.24) is 24.3 Å². The summed E-state index contributed by atoms with van der Waals surface area (Å²) in [5.74, 6) is 0. The Bertz CT molecular complexity index is 771. The first kappa shape index (κ1) is 18.5. The average Bonchev–Trinajstić information content (AvgIpc) is 3.11. The molecular formula is C14H21F2N5O2S. The van der Waals surface area contributed by atoms with Crippen molar-refractivity contribution in [2.45, 2.75) is 51.1 Å². The van der Waals surface area contributed by atoms with Crippen LogP contribution in [0.1, 0.15) is 43.7 Å². The van der Waals surface area contributed by atoms with E-state index in [9.17, 15) is 17.2 Å². The smallest absolute Gasteiger partial charge is 0.270 e. The zero-order valence-corrected chi connectivity index (χ0v) is 14.6. The second-order valence-corrected chi connectivity index (χ2v) is 7.16. The molecule has 0 fully saturated rings. The van der Waals surface area contributed by atoms with Crippen molar-refractivity contribution in [2.75, 3.05) is 6.54 Å². The highest BCUT2D eigenvalue weighted by Gasteiger charge is 2.27. The molecule has 2 aromatic rings. The van der Waals surface area contributed by atoms with E-state index in [4.69, 9.17) is 0 Å². The van der Waals surface area contributed by atoms with Gasteiger partial charge >= 0.3 is 6.55 Å². The summed E-state index contributed by atoms with van der Waals surface area (Å²) >= 11 is 0. The molecule has 0 aliphatic rings. The lowest BCUT2D eigenvalue weighted by Gasteiger charge is -2.16. The molecule has 24 heavy (non-hydrogen) atoms. The maximum atomic E-state index is 12.8. The monoisotopic (exact) mass is 361 g/mol. The van der Waals surface area contributed by atoms with Gasteiger partial charge in [-0.2, -0.15) is 19.0 Å². The summed E-state index contributed by atoms with van der Waals surface area (Å²) in [6.45, 7) is 2.01. The van der Waals surface area contributed by atoms with Gasteiger partial charge in [0.05, 0.1) is 17.4 Å². The fraction of sp³-hybridized carbons (Fsp3) is 0.571. The number of alkyl halides is 2. The van der Waals surface area contributed by atoms with Gasteiger partial charge in [-0.05, 0) is 32.8 Å². The molecule has 0 saturated heterocycles. The van der Waals surface area contributed by atoms with Crippen LogP contribution in [0.15, 0.2) is 23.4 Å². The average molecular weight is 361 g/mol. The number of aryl methyl sites for hydroxylation is 1. The number of nitrogens with zero attached hydrogens (tertiary/aromatic N) is 4. The first-order valence-electron chi connectivity index (χ1n) is 7.60. The summed E-state index contributed by atoms with van der Waals surface area (Å²) in [4.78, 5) is -0.185. The normalized spacial score (nSPS) is 13.6. The highest BCUT2D eigenvalue weighted by Crippen LogP contribution is 2.23. The zero-order valence-electron chi connectivity index (χ0n) is 13.8. The van der Waals surface area contributed by atoms with E-state index in [-0.39, 0.29) is 28.9 Å². The predicted octanol–water partition coefficient (Wildman–Crippen LogP) is 2.41. The Morgan fingerprint density at radius 2 is 2.04 bits per heavy atom. The molecule has 0 aromatic carbocycles. The first-order valence-corrected chi connectivity index (χ1v) is 9.09. The number of hydrogen-bond donors (Lipinski definition) is 1. The van der Waals surface area contributed by atoms with E-state index >= 15 is 0 Å². The maximum absolute atomic E-state index is 12.8. The van der Waals surface area contributed by atoms with Crippen LogP contribution in [0.5, 0.6) is 0 Å². The molecule has 0 saturated carbocycles. The molecule has 0 amide bonds. The molecule has 10 heteroatoms. The minimum Gasteiger partial charge on any atom is -0.270 e. The minimum atomic E-state index is -3.90. The molecular weight excluding hydrogens is 340 g/mol. The Morgan fingerprint density at radius 3 is 2.54 bits per heavy atom. The summed E-state index contributed by atoms with van der Waals surface area (Å²) in [5, 5.41) is 7.76. The fourth-order valence-electron chi connectivity index (χ4n) is 2.68. The van der Waals surface area contributed by atoms with Gasteiger partial charge in [0.25, 0.3) is 0 Å². The summed E-state index contributed by atoms with van der Waals surface area (Å²) in [5.41, 5.74) is -0.0199. The van der Waals surface area contributed by atoms with E-state index in [1.807, 2.05) is 13.1 Å². The van der Waals surface area contributed by atoms with Crippen LogP contribution in [-0.4, -0.2) is 34.5 Å². The summed E-state index contributed by atoms with van der Waals surface area (Å²) in [6, 6.07) is 1.87. The summed E-state index contributed by atoms with van der Waals surface area (Å²) < 4.78 is 55.2. The minimum absolute atomic E-state index is 0.0550. The van der Waals surface area contributed by atoms with Crippen molar-refractivity contribution in [1.29, 1.82) is 0 Å². The molecule has 2 heterocycles. The summed E-state index contributed by atoms with van der Waals surface area (Å²) in [6.07, 6.45) is 4.82. The van der Waals surface area contributed by atoms with E-state index in [1.165, 1.54) is 13.8 Å². The maximum Gasteiger partial charge on any atom is 0.333 e. The number of aromatic nitrogens is 4. The van der Waals surface area contributed by atoms with Gasteiger partial charge in [0.1, 0.15) is 4.90 Å². The van der Waals surface area contributed by atoms with Gasteiger partial charge in [-0.1, -0.05) is 6.92 Å². The molecule has 1 N–H and O–H groups in total. The lowest BCUT2D eigenvalue weighted by Crippen LogP contribution is -2.27. The highest BCUT2D eigenvalue weighted by atomic mass is 32.2. The largest absolute Gasteiger partial charge is 0.333 e. The third-order valence-corrected chi connectivity index (χ3v) is 5.56. The van der Waals surface area contributed by atoms with Gasteiger partial charge in [-0.15, -0.1) is 0 Å². The number of sulfonamides is 1. The third kappa shape index (κ3) is 3.81. The molecule has 2 aromatic heterocycles. The van der Waals surface area contributed by atoms with Crippen LogP contribution in [0.25, 0.3) is 0 Å². The van der Waals surface area contributed by atoms with Crippen molar-refractivity contribution in [3.8, 4) is 0 Å². The second-order valence-electron chi connectivity index (χ2n) is 5.46. The quantitative estimate of drug-likeness (QED) is 0.783. The molecule has 2 rings (SSSR count). The molecule has 7 nitrogen and oxygen atoms in total. The summed E-state index contributed by atoms with van der Waals surface area (Å²) in [7, 11) is -3.90. The van der Waals surface area contributed by atoms with Crippen LogP contribution in [-0.2, 0) is 10.0 Å². The molecule has 0 aliphatic carbocycles. The number of halogens is 2. The molecule has 1 atom stereocenters. The topological polar surface area (TPSA) is 81.8 Å². The Morgan fingerprint density at radius 1 is 1.33 bits per heavy atom. The van der Waals surface area contributed by atoms with Crippen LogP contribution >= 0.6 is 0 Å². The first-order chi connectivity index (χ1) is 11.3. The lowest BCUT2D eigenvalue weighted by molar-refractivity contribution is 0.0538. The number of rotatable bonds is 8. The SMILES string of the molecule is CCC(CCNS(=O)(=O)c1c(C)nn(C(F)F)c1C)n1cccn1. The van der Waals surface area contributed by atoms with Crippen molar-refractivity contribution in [3.63, 3.8) is 0 Å². The standard InChI is InChI=1S/C14H21F2N5O2S/c1-4-12(20-9-5-7-17-20)6-8-18-24(22,23)13-10(2)19-21(11(13)3)14(15)16/h5,7,9,12,14,18H,4,6,8H2,1-3H3. The fourth-order valence-corrected chi connectivity index (χ4v) is 4.12. The van der Waals surface area contributed by atoms with Crippen LogP contribution in [0.4, 0.5) is 8.78 Å². The lowest BCUT2D eigenvalue weighted by atomic mass is 10.1. The number of hydrogen-bond acceptors (Lipinski definition) is 4. The van der Waals surface area contributed by atoms with Gasteiger partial charge in [0.2, 0.25) is 10.0 Å². The third-order valence-electron chi connectivity index (χ3n) is 3.85. The van der Waals surface area contributed by atoms with Crippen LogP contribution in [0, 0.1) is 13.8 Å². The molecule has 0 radical (unpaired) electrons. The van der Waals surface area contributed by atoms with Crippen LogP contribution in [0.3, 0.4) is 0 Å². The Kier molecular flexibility index (Phi) is 5.70. The Balaban J connectivity index is 2.09. The van der Waals surface area contributed by atoms with E-state index in [0.717, 1.165) is 6.42 Å². The Labute approximate surface area is 139 Å². The van der Waals surface area contributed by atoms with Gasteiger partial charge in [0.15, 0.2) is 0 Å². The molecule has 0 aliphatic heterocycles. The van der Waals surface area contributed by atoms with Gasteiger partial charge < -0.3 is 0 Å². The van der Waals surface area contributed by atoms with Crippen LogP contribution < -0.4 is 4.72 Å². The van der Waals surface area contributed by atoms with Crippen molar-refractivity contribution < 1.29 is 17.2 Å². The Hall–Kier alpha value is -1.81. The number of nitrogens with one attached hydrogen (secondary N) is 1. The second kappa shape index (κ2) is 7.39. The van der Waals surface area contributed by atoms with Gasteiger partial charge in [-0.25, -0.2) is 17.8 Å². The van der Waals surface area contributed by atoms with E-state index in [2.05, 4.69) is 14.9 Å². The molecule has 0 bridgehead atoms. The van der Waals surface area contributed by atoms with Gasteiger partial charge in [-0.3, -0.25) is 4.68 Å². The highest BCUT2D eigenvalue weighted by molar-refractivity contribution is 7.89. The van der Waals surface area contributed by atoms with E-state index < -0.39 is 16.6 Å². The van der Waals surface area contributed by atoms with E-state index in [0.29, 0.717) is 11.1 Å². The van der Waals surface area contributed by atoms with E-state index in [1.54, 1.807) is 16.9 Å². The zero-order chi connectivity index (χ0) is 17.9. The predicted molar refractivity (Wildman–Crippen MR) is 84.3 cm³/mol. The van der Waals surface area contributed by atoms with Crippen molar-refractivity contribution >= 4 is 10.0 Å². The molecule has 0 spiro atoms. The molecule has 134 valence electrons.